The van der Waals surface area contributed by atoms with Crippen LogP contribution in [0.4, 0.5) is 0 Å². The van der Waals surface area contributed by atoms with Gasteiger partial charge in [-0.05, 0) is 147 Å². The van der Waals surface area contributed by atoms with Gasteiger partial charge in [-0.3, -0.25) is 9.59 Å². The maximum Gasteiger partial charge on any atom is 0.222 e. The van der Waals surface area contributed by atoms with Gasteiger partial charge in [0.05, 0.1) is 18.3 Å². The average Bonchev–Trinajstić information content (AvgIpc) is 3.71. The second kappa shape index (κ2) is 16.7. The number of amides is 2. The Bertz CT molecular complexity index is 1500. The number of piperidine rings is 2. The van der Waals surface area contributed by atoms with Crippen molar-refractivity contribution in [3.63, 3.8) is 0 Å². The van der Waals surface area contributed by atoms with E-state index in [1.54, 1.807) is 0 Å². The molecule has 8 fully saturated rings. The Labute approximate surface area is 355 Å². The number of carbonyl (C=O) groups is 2. The first-order valence-electron chi connectivity index (χ1n) is 25.2. The fourth-order valence-electron chi connectivity index (χ4n) is 18.0. The van der Waals surface area contributed by atoms with Gasteiger partial charge in [-0.15, -0.1) is 6.58 Å². The Balaban J connectivity index is 1.11. The van der Waals surface area contributed by atoms with Crippen LogP contribution in [0, 0.1) is 63.1 Å². The fourth-order valence-corrected chi connectivity index (χ4v) is 18.0. The van der Waals surface area contributed by atoms with E-state index >= 15 is 0 Å². The summed E-state index contributed by atoms with van der Waals surface area (Å²) < 4.78 is 14.4. The van der Waals surface area contributed by atoms with Crippen LogP contribution < -0.4 is 0 Å². The van der Waals surface area contributed by atoms with E-state index < -0.39 is 0 Å². The van der Waals surface area contributed by atoms with E-state index in [4.69, 9.17) is 9.47 Å². The molecular weight excluding hydrogens is 717 g/mol. The molecule has 0 spiro atoms. The summed E-state index contributed by atoms with van der Waals surface area (Å²) in [6, 6.07) is 0.670. The average molecular weight is 803 g/mol. The first-order valence-corrected chi connectivity index (χ1v) is 25.2. The molecule has 6 heteroatoms. The predicted molar refractivity (Wildman–Crippen MR) is 235 cm³/mol. The third-order valence-electron chi connectivity index (χ3n) is 21.0. The highest BCUT2D eigenvalue weighted by atomic mass is 16.5. The molecule has 15 atom stereocenters. The zero-order chi connectivity index (χ0) is 41.1. The van der Waals surface area contributed by atoms with Gasteiger partial charge in [0.25, 0.3) is 0 Å². The van der Waals surface area contributed by atoms with Gasteiger partial charge in [0.1, 0.15) is 0 Å². The Morgan fingerprint density at radius 1 is 0.655 bits per heavy atom. The monoisotopic (exact) mass is 803 g/mol. The van der Waals surface area contributed by atoms with E-state index in [0.29, 0.717) is 78.9 Å². The minimum atomic E-state index is -0.280. The van der Waals surface area contributed by atoms with Crippen molar-refractivity contribution >= 4 is 11.8 Å². The van der Waals surface area contributed by atoms with E-state index in [-0.39, 0.29) is 39.2 Å². The SMILES string of the molecule is C=CCOC1CC[C@H]2[C@@H]3CCC4N(C)C(=O)CC(C5(OCCCCCCCCCCC)CC[C@H]6[C@@H]7CCC8N(C)C(=O)CC[C@]8(C)[C@@H]7CC[C@@]65C)[C@]4(C)[C@@H]3CC[C@]12C. The standard InChI is InChI=1S/C52H86N2O4/c1-9-11-12-13-14-15-16-17-18-34-58-52(32-27-40-36-19-22-43-48(3,30-28-46(55)53(43)7)39(36)26-31-50(40,52)5)42-35-47(56)54(8)44-23-20-37-38-21-24-45(57-33-10-2)49(38,4)29-25-41(37)51(42,44)6/h10,36-45H,2,9,11-35H2,1,3-8H3/t36-,37+,38+,39-,40+,41-,42?,43?,44?,45?,48-,49+,50+,51+,52?/m1/s1. The molecule has 58 heavy (non-hydrogen) atoms. The number of nitrogens with zero attached hydrogens (tertiary/aromatic N) is 2. The maximum atomic E-state index is 14.5. The van der Waals surface area contributed by atoms with E-state index in [2.05, 4.69) is 65.1 Å². The second-order valence-electron chi connectivity index (χ2n) is 22.9. The summed E-state index contributed by atoms with van der Waals surface area (Å²) in [4.78, 5) is 31.9. The molecule has 0 bridgehead atoms. The number of hydrogen-bond acceptors (Lipinski definition) is 4. The summed E-state index contributed by atoms with van der Waals surface area (Å²) in [5.41, 5.74) is 0.234. The molecule has 328 valence electrons. The van der Waals surface area contributed by atoms with Crippen LogP contribution in [-0.4, -0.2) is 72.7 Å². The molecule has 6 saturated carbocycles. The summed E-state index contributed by atoms with van der Waals surface area (Å²) in [6.45, 7) is 18.3. The molecule has 0 aromatic rings. The van der Waals surface area contributed by atoms with Gasteiger partial charge >= 0.3 is 0 Å². The molecule has 0 aromatic carbocycles. The Hall–Kier alpha value is -1.40. The number of rotatable bonds is 15. The third kappa shape index (κ3) is 6.65. The fraction of sp³-hybridized carbons (Fsp3) is 0.923. The van der Waals surface area contributed by atoms with Gasteiger partial charge in [-0.2, -0.15) is 0 Å². The Morgan fingerprint density at radius 2 is 1.28 bits per heavy atom. The molecule has 8 aliphatic rings. The van der Waals surface area contributed by atoms with Crippen molar-refractivity contribution in [2.45, 2.75) is 213 Å². The van der Waals surface area contributed by atoms with E-state index in [1.807, 2.05) is 6.08 Å². The summed E-state index contributed by atoms with van der Waals surface area (Å²) in [5.74, 6) is 4.95. The zero-order valence-electron chi connectivity index (χ0n) is 38.5. The van der Waals surface area contributed by atoms with Crippen molar-refractivity contribution in [2.75, 3.05) is 27.3 Å². The smallest absolute Gasteiger partial charge is 0.222 e. The summed E-state index contributed by atoms with van der Waals surface area (Å²) in [6.07, 6.45) is 31.1. The minimum absolute atomic E-state index is 0.0241. The first-order chi connectivity index (χ1) is 27.8. The topological polar surface area (TPSA) is 59.1 Å². The van der Waals surface area contributed by atoms with Gasteiger partial charge in [-0.25, -0.2) is 0 Å². The second-order valence-corrected chi connectivity index (χ2v) is 22.9. The van der Waals surface area contributed by atoms with Crippen LogP contribution in [0.5, 0.6) is 0 Å². The van der Waals surface area contributed by atoms with Crippen molar-refractivity contribution in [3.05, 3.63) is 12.7 Å². The van der Waals surface area contributed by atoms with Gasteiger partial charge in [-0.1, -0.05) is 92.1 Å². The number of carbonyl (C=O) groups excluding carboxylic acids is 2. The van der Waals surface area contributed by atoms with E-state index in [0.717, 1.165) is 38.7 Å². The largest absolute Gasteiger partial charge is 0.374 e. The van der Waals surface area contributed by atoms with Crippen molar-refractivity contribution in [3.8, 4) is 0 Å². The number of unbranched alkanes of at least 4 members (excludes halogenated alkanes) is 8. The lowest BCUT2D eigenvalue weighted by Gasteiger charge is -2.69. The molecular formula is C52H86N2O4. The summed E-state index contributed by atoms with van der Waals surface area (Å²) in [7, 11) is 4.26. The van der Waals surface area contributed by atoms with Gasteiger partial charge in [0.2, 0.25) is 11.8 Å². The molecule has 2 saturated heterocycles. The van der Waals surface area contributed by atoms with Gasteiger partial charge in [0, 0.05) is 51.5 Å². The molecule has 0 aromatic heterocycles. The number of fused-ring (bicyclic) bond motifs is 10. The molecule has 0 N–H and O–H groups in total. The number of hydrogen-bond donors (Lipinski definition) is 0. The zero-order valence-corrected chi connectivity index (χ0v) is 38.5. The number of ether oxygens (including phenoxy) is 2. The van der Waals surface area contributed by atoms with Crippen LogP contribution in [0.15, 0.2) is 12.7 Å². The van der Waals surface area contributed by atoms with Crippen LogP contribution in [0.1, 0.15) is 189 Å². The van der Waals surface area contributed by atoms with Crippen LogP contribution >= 0.6 is 0 Å². The van der Waals surface area contributed by atoms with Crippen LogP contribution in [-0.2, 0) is 19.1 Å². The third-order valence-corrected chi connectivity index (χ3v) is 21.0. The van der Waals surface area contributed by atoms with Gasteiger partial charge in [0.15, 0.2) is 0 Å². The lowest BCUT2D eigenvalue weighted by molar-refractivity contribution is -0.253. The van der Waals surface area contributed by atoms with Crippen LogP contribution in [0.3, 0.4) is 0 Å². The molecule has 2 aliphatic heterocycles. The lowest BCUT2D eigenvalue weighted by atomic mass is 9.40. The highest BCUT2D eigenvalue weighted by Gasteiger charge is 2.74. The molecule has 6 nitrogen and oxygen atoms in total. The molecule has 8 rings (SSSR count). The summed E-state index contributed by atoms with van der Waals surface area (Å²) in [5, 5.41) is 0. The summed E-state index contributed by atoms with van der Waals surface area (Å²) >= 11 is 0. The quantitative estimate of drug-likeness (QED) is 0.122. The highest BCUT2D eigenvalue weighted by molar-refractivity contribution is 5.78. The number of likely N-dealkylation sites (tertiary alicyclic amines) is 2. The molecule has 6 aliphatic carbocycles. The lowest BCUT2D eigenvalue weighted by Crippen LogP contribution is -2.71. The van der Waals surface area contributed by atoms with Crippen molar-refractivity contribution in [2.24, 2.45) is 63.1 Å². The van der Waals surface area contributed by atoms with E-state index in [1.165, 1.54) is 109 Å². The van der Waals surface area contributed by atoms with Crippen LogP contribution in [0.25, 0.3) is 0 Å². The van der Waals surface area contributed by atoms with Crippen molar-refractivity contribution < 1.29 is 19.1 Å². The predicted octanol–water partition coefficient (Wildman–Crippen LogP) is 11.8. The van der Waals surface area contributed by atoms with Crippen molar-refractivity contribution in [1.29, 1.82) is 0 Å². The minimum Gasteiger partial charge on any atom is -0.374 e. The Kier molecular flexibility index (Phi) is 12.5. The van der Waals surface area contributed by atoms with Gasteiger partial charge < -0.3 is 19.3 Å². The van der Waals surface area contributed by atoms with Crippen LogP contribution in [0.2, 0.25) is 0 Å². The molecule has 2 amide bonds. The maximum absolute atomic E-state index is 14.5. The first kappa shape index (κ1) is 43.3. The highest BCUT2D eigenvalue weighted by Crippen LogP contribution is 2.74. The molecule has 5 unspecified atom stereocenters. The Morgan fingerprint density at radius 3 is 2.00 bits per heavy atom. The molecule has 0 radical (unpaired) electrons. The normalized spacial score (nSPS) is 47.2. The van der Waals surface area contributed by atoms with Crippen molar-refractivity contribution in [1.82, 2.24) is 9.80 Å². The molecule has 2 heterocycles. The van der Waals surface area contributed by atoms with E-state index in [9.17, 15) is 9.59 Å².